The summed E-state index contributed by atoms with van der Waals surface area (Å²) in [7, 11) is 1.97. The number of carbonyl (C=O) groups is 2. The van der Waals surface area contributed by atoms with E-state index in [9.17, 15) is 9.59 Å². The molecule has 2 amide bonds. The standard InChI is InChI=1S/C21H29N3O2.ClH/c1-23(19-12-17-9-10-18(13-19)22-17)20(25)16-8-5-11-24(14-16)21(26)15-6-3-2-4-7-15;/h2-4,6-7,16-19,22H,5,8-14H2,1H3;1H. The van der Waals surface area contributed by atoms with Crippen LogP contribution in [0.1, 0.15) is 48.9 Å². The van der Waals surface area contributed by atoms with Gasteiger partial charge in [0, 0.05) is 43.8 Å². The quantitative estimate of drug-likeness (QED) is 0.861. The Morgan fingerprint density at radius 2 is 1.74 bits per heavy atom. The highest BCUT2D eigenvalue weighted by Gasteiger charge is 2.38. The number of hydrogen-bond acceptors (Lipinski definition) is 3. The number of hydrogen-bond donors (Lipinski definition) is 1. The van der Waals surface area contributed by atoms with Crippen molar-refractivity contribution in [2.75, 3.05) is 20.1 Å². The fourth-order valence-corrected chi connectivity index (χ4v) is 4.94. The zero-order chi connectivity index (χ0) is 18.1. The molecule has 5 nitrogen and oxygen atoms in total. The molecule has 6 heteroatoms. The maximum Gasteiger partial charge on any atom is 0.253 e. The van der Waals surface area contributed by atoms with E-state index in [2.05, 4.69) is 5.32 Å². The molecule has 1 aromatic rings. The highest BCUT2D eigenvalue weighted by molar-refractivity contribution is 5.94. The number of halogens is 1. The van der Waals surface area contributed by atoms with Gasteiger partial charge in [-0.25, -0.2) is 0 Å². The van der Waals surface area contributed by atoms with E-state index in [0.717, 1.165) is 32.2 Å². The van der Waals surface area contributed by atoms with Crippen LogP contribution in [0.25, 0.3) is 0 Å². The topological polar surface area (TPSA) is 52.7 Å². The van der Waals surface area contributed by atoms with Crippen LogP contribution in [-0.4, -0.2) is 59.9 Å². The summed E-state index contributed by atoms with van der Waals surface area (Å²) in [5, 5.41) is 3.64. The maximum atomic E-state index is 13.1. The van der Waals surface area contributed by atoms with Gasteiger partial charge < -0.3 is 15.1 Å². The summed E-state index contributed by atoms with van der Waals surface area (Å²) < 4.78 is 0. The third-order valence-electron chi connectivity index (χ3n) is 6.42. The minimum atomic E-state index is -0.0612. The van der Waals surface area contributed by atoms with Crippen molar-refractivity contribution in [3.8, 4) is 0 Å². The molecule has 1 N–H and O–H groups in total. The van der Waals surface area contributed by atoms with E-state index in [1.807, 2.05) is 47.2 Å². The Morgan fingerprint density at radius 1 is 1.07 bits per heavy atom. The first kappa shape index (κ1) is 20.2. The molecule has 3 unspecified atom stereocenters. The third-order valence-corrected chi connectivity index (χ3v) is 6.42. The summed E-state index contributed by atoms with van der Waals surface area (Å²) in [4.78, 5) is 29.7. The molecule has 3 heterocycles. The van der Waals surface area contributed by atoms with Crippen LogP contribution in [0.4, 0.5) is 0 Å². The van der Waals surface area contributed by atoms with Crippen molar-refractivity contribution in [2.24, 2.45) is 5.92 Å². The van der Waals surface area contributed by atoms with Gasteiger partial charge in [0.05, 0.1) is 5.92 Å². The van der Waals surface area contributed by atoms with Crippen molar-refractivity contribution in [2.45, 2.75) is 56.7 Å². The fraction of sp³-hybridized carbons (Fsp3) is 0.619. The third kappa shape index (κ3) is 4.30. The number of nitrogens with one attached hydrogen (secondary N) is 1. The van der Waals surface area contributed by atoms with Gasteiger partial charge in [-0.3, -0.25) is 9.59 Å². The molecular weight excluding hydrogens is 362 g/mol. The lowest BCUT2D eigenvalue weighted by molar-refractivity contribution is -0.138. The molecule has 0 aliphatic carbocycles. The molecule has 0 saturated carbocycles. The van der Waals surface area contributed by atoms with E-state index in [-0.39, 0.29) is 30.1 Å². The molecule has 3 aliphatic heterocycles. The van der Waals surface area contributed by atoms with Crippen molar-refractivity contribution in [3.05, 3.63) is 35.9 Å². The number of piperidine rings is 2. The Bertz CT molecular complexity index is 657. The van der Waals surface area contributed by atoms with Crippen LogP contribution in [0.15, 0.2) is 30.3 Å². The lowest BCUT2D eigenvalue weighted by Crippen LogP contribution is -2.52. The number of fused-ring (bicyclic) bond motifs is 2. The second kappa shape index (κ2) is 8.61. The van der Waals surface area contributed by atoms with Crippen LogP contribution in [0.5, 0.6) is 0 Å². The van der Waals surface area contributed by atoms with Crippen LogP contribution in [-0.2, 0) is 4.79 Å². The smallest absolute Gasteiger partial charge is 0.253 e. The van der Waals surface area contributed by atoms with Gasteiger partial charge in [-0.05, 0) is 50.7 Å². The van der Waals surface area contributed by atoms with Crippen molar-refractivity contribution >= 4 is 24.2 Å². The molecule has 148 valence electrons. The molecule has 3 saturated heterocycles. The van der Waals surface area contributed by atoms with Crippen LogP contribution in [0.2, 0.25) is 0 Å². The zero-order valence-corrected chi connectivity index (χ0v) is 16.8. The van der Waals surface area contributed by atoms with Gasteiger partial charge in [0.15, 0.2) is 0 Å². The molecule has 1 aromatic carbocycles. The van der Waals surface area contributed by atoms with Crippen molar-refractivity contribution in [1.82, 2.24) is 15.1 Å². The molecule has 0 spiro atoms. The van der Waals surface area contributed by atoms with Crippen LogP contribution in [0, 0.1) is 5.92 Å². The summed E-state index contributed by atoms with van der Waals surface area (Å²) in [6, 6.07) is 10.9. The SMILES string of the molecule is CN(C(=O)C1CCCN(C(=O)c2ccccc2)C1)C1CC2CCC(C1)N2.Cl. The fourth-order valence-electron chi connectivity index (χ4n) is 4.94. The predicted molar refractivity (Wildman–Crippen MR) is 108 cm³/mol. The molecule has 3 atom stereocenters. The summed E-state index contributed by atoms with van der Waals surface area (Å²) in [5.41, 5.74) is 0.712. The minimum absolute atomic E-state index is 0. The van der Waals surface area contributed by atoms with Crippen LogP contribution < -0.4 is 5.32 Å². The number of benzene rings is 1. The average molecular weight is 392 g/mol. The minimum Gasteiger partial charge on any atom is -0.342 e. The zero-order valence-electron chi connectivity index (χ0n) is 16.0. The maximum absolute atomic E-state index is 13.1. The van der Waals surface area contributed by atoms with Crippen molar-refractivity contribution in [3.63, 3.8) is 0 Å². The van der Waals surface area contributed by atoms with Gasteiger partial charge >= 0.3 is 0 Å². The second-order valence-corrected chi connectivity index (χ2v) is 8.17. The van der Waals surface area contributed by atoms with Crippen molar-refractivity contribution < 1.29 is 9.59 Å². The van der Waals surface area contributed by atoms with E-state index >= 15 is 0 Å². The Morgan fingerprint density at radius 3 is 2.41 bits per heavy atom. The molecule has 0 radical (unpaired) electrons. The van der Waals surface area contributed by atoms with Crippen LogP contribution in [0.3, 0.4) is 0 Å². The summed E-state index contributed by atoms with van der Waals surface area (Å²) in [6.45, 7) is 1.30. The number of rotatable bonds is 3. The largest absolute Gasteiger partial charge is 0.342 e. The molecular formula is C21H30ClN3O2. The number of amides is 2. The van der Waals surface area contributed by atoms with E-state index in [1.54, 1.807) is 0 Å². The first-order valence-electron chi connectivity index (χ1n) is 9.99. The van der Waals surface area contributed by atoms with Gasteiger partial charge in [0.25, 0.3) is 5.91 Å². The molecule has 27 heavy (non-hydrogen) atoms. The molecule has 0 aromatic heterocycles. The average Bonchev–Trinajstić information content (AvgIpc) is 3.04. The molecule has 2 bridgehead atoms. The summed E-state index contributed by atoms with van der Waals surface area (Å²) >= 11 is 0. The van der Waals surface area contributed by atoms with Gasteiger partial charge in [-0.15, -0.1) is 12.4 Å². The highest BCUT2D eigenvalue weighted by Crippen LogP contribution is 2.30. The van der Waals surface area contributed by atoms with E-state index in [1.165, 1.54) is 12.8 Å². The second-order valence-electron chi connectivity index (χ2n) is 8.17. The Balaban J connectivity index is 0.00000210. The van der Waals surface area contributed by atoms with E-state index in [4.69, 9.17) is 0 Å². The molecule has 3 fully saturated rings. The molecule has 4 rings (SSSR count). The van der Waals surface area contributed by atoms with Crippen LogP contribution >= 0.6 is 12.4 Å². The molecule has 3 aliphatic rings. The summed E-state index contributed by atoms with van der Waals surface area (Å²) in [5.74, 6) is 0.210. The number of likely N-dealkylation sites (tertiary alicyclic amines) is 1. The highest BCUT2D eigenvalue weighted by atomic mass is 35.5. The Hall–Kier alpha value is -1.59. The predicted octanol–water partition coefficient (Wildman–Crippen LogP) is 2.70. The van der Waals surface area contributed by atoms with Gasteiger partial charge in [-0.1, -0.05) is 18.2 Å². The summed E-state index contributed by atoms with van der Waals surface area (Å²) in [6.07, 6.45) is 6.41. The van der Waals surface area contributed by atoms with E-state index < -0.39 is 0 Å². The lowest BCUT2D eigenvalue weighted by Gasteiger charge is -2.39. The number of nitrogens with zero attached hydrogens (tertiary/aromatic N) is 2. The monoisotopic (exact) mass is 391 g/mol. The number of carbonyl (C=O) groups excluding carboxylic acids is 2. The van der Waals surface area contributed by atoms with E-state index in [0.29, 0.717) is 30.2 Å². The van der Waals surface area contributed by atoms with Gasteiger partial charge in [-0.2, -0.15) is 0 Å². The Kier molecular flexibility index (Phi) is 6.43. The Labute approximate surface area is 167 Å². The van der Waals surface area contributed by atoms with Crippen molar-refractivity contribution in [1.29, 1.82) is 0 Å². The van der Waals surface area contributed by atoms with Gasteiger partial charge in [0.1, 0.15) is 0 Å². The first-order valence-corrected chi connectivity index (χ1v) is 9.99. The first-order chi connectivity index (χ1) is 12.6. The normalized spacial score (nSPS) is 29.7. The van der Waals surface area contributed by atoms with Gasteiger partial charge in [0.2, 0.25) is 5.91 Å². The lowest BCUT2D eigenvalue weighted by atomic mass is 9.93.